The summed E-state index contributed by atoms with van der Waals surface area (Å²) < 4.78 is 0. The molecule has 0 radical (unpaired) electrons. The number of rotatable bonds is 6. The first-order valence-corrected chi connectivity index (χ1v) is 6.90. The zero-order valence-electron chi connectivity index (χ0n) is 10.8. The Morgan fingerprint density at radius 1 is 1.35 bits per heavy atom. The smallest absolute Gasteiger partial charge is 0.221 e. The third-order valence-corrected chi connectivity index (χ3v) is 4.00. The van der Waals surface area contributed by atoms with E-state index in [0.717, 1.165) is 31.6 Å². The van der Waals surface area contributed by atoms with Gasteiger partial charge in [0.2, 0.25) is 5.91 Å². The molecule has 4 nitrogen and oxygen atoms in total. The Morgan fingerprint density at radius 2 is 2.00 bits per heavy atom. The number of hydrogen-bond acceptors (Lipinski definition) is 3. The van der Waals surface area contributed by atoms with Crippen molar-refractivity contribution in [1.29, 1.82) is 0 Å². The number of nitrogens with two attached hydrogens (primary N) is 1. The molecular weight excluding hydrogens is 214 g/mol. The normalized spacial score (nSPS) is 24.8. The van der Waals surface area contributed by atoms with Crippen LogP contribution in [-0.4, -0.2) is 43.0 Å². The number of carbonyl (C=O) groups is 1. The Kier molecular flexibility index (Phi) is 4.40. The molecule has 1 unspecified atom stereocenters. The van der Waals surface area contributed by atoms with Crippen LogP contribution in [0.1, 0.15) is 32.6 Å². The van der Waals surface area contributed by atoms with Crippen molar-refractivity contribution in [3.63, 3.8) is 0 Å². The average molecular weight is 239 g/mol. The summed E-state index contributed by atoms with van der Waals surface area (Å²) in [6.07, 6.45) is 5.25. The Hall–Kier alpha value is -0.610. The summed E-state index contributed by atoms with van der Waals surface area (Å²) in [4.78, 5) is 13.4. The van der Waals surface area contributed by atoms with Crippen LogP contribution in [0.5, 0.6) is 0 Å². The first-order chi connectivity index (χ1) is 8.15. The van der Waals surface area contributed by atoms with Crippen molar-refractivity contribution in [3.8, 4) is 0 Å². The van der Waals surface area contributed by atoms with Gasteiger partial charge >= 0.3 is 0 Å². The quantitative estimate of drug-likeness (QED) is 0.712. The second kappa shape index (κ2) is 5.83. The highest BCUT2D eigenvalue weighted by Crippen LogP contribution is 2.22. The maximum absolute atomic E-state index is 11.0. The molecule has 17 heavy (non-hydrogen) atoms. The van der Waals surface area contributed by atoms with Crippen LogP contribution in [0.3, 0.4) is 0 Å². The van der Waals surface area contributed by atoms with Crippen LogP contribution in [0.4, 0.5) is 0 Å². The highest BCUT2D eigenvalue weighted by molar-refractivity contribution is 5.76. The van der Waals surface area contributed by atoms with E-state index < -0.39 is 0 Å². The molecule has 1 aliphatic carbocycles. The predicted molar refractivity (Wildman–Crippen MR) is 68.5 cm³/mol. The molecule has 4 heteroatoms. The van der Waals surface area contributed by atoms with Crippen LogP contribution in [0.2, 0.25) is 0 Å². The largest absolute Gasteiger partial charge is 0.369 e. The number of amides is 1. The van der Waals surface area contributed by atoms with Crippen molar-refractivity contribution >= 4 is 5.91 Å². The summed E-state index contributed by atoms with van der Waals surface area (Å²) >= 11 is 0. The van der Waals surface area contributed by atoms with Gasteiger partial charge in [0.05, 0.1) is 0 Å². The number of nitrogens with one attached hydrogen (secondary N) is 1. The maximum atomic E-state index is 11.0. The van der Waals surface area contributed by atoms with Gasteiger partial charge in [-0.3, -0.25) is 4.79 Å². The van der Waals surface area contributed by atoms with E-state index in [0.29, 0.717) is 0 Å². The van der Waals surface area contributed by atoms with Gasteiger partial charge < -0.3 is 16.0 Å². The minimum atomic E-state index is -0.178. The second-order valence-electron chi connectivity index (χ2n) is 5.73. The monoisotopic (exact) mass is 239 g/mol. The Balaban J connectivity index is 1.61. The molecule has 1 saturated carbocycles. The fourth-order valence-electron chi connectivity index (χ4n) is 2.47. The van der Waals surface area contributed by atoms with Gasteiger partial charge in [-0.15, -0.1) is 0 Å². The molecule has 1 atom stereocenters. The molecule has 2 fully saturated rings. The molecule has 2 aliphatic rings. The van der Waals surface area contributed by atoms with Crippen LogP contribution < -0.4 is 11.1 Å². The van der Waals surface area contributed by atoms with Crippen molar-refractivity contribution in [3.05, 3.63) is 0 Å². The van der Waals surface area contributed by atoms with E-state index in [2.05, 4.69) is 10.2 Å². The topological polar surface area (TPSA) is 58.4 Å². The molecule has 0 aromatic carbocycles. The fourth-order valence-corrected chi connectivity index (χ4v) is 2.47. The van der Waals surface area contributed by atoms with E-state index >= 15 is 0 Å². The van der Waals surface area contributed by atoms with Gasteiger partial charge in [0.1, 0.15) is 0 Å². The summed E-state index contributed by atoms with van der Waals surface area (Å²) in [5.41, 5.74) is 5.29. The highest BCUT2D eigenvalue weighted by Gasteiger charge is 2.25. The van der Waals surface area contributed by atoms with Gasteiger partial charge in [-0.1, -0.05) is 6.92 Å². The molecule has 1 amide bonds. The Bertz CT molecular complexity index is 257. The van der Waals surface area contributed by atoms with Crippen molar-refractivity contribution in [2.45, 2.75) is 38.6 Å². The van der Waals surface area contributed by atoms with Crippen LogP contribution >= 0.6 is 0 Å². The van der Waals surface area contributed by atoms with E-state index in [4.69, 9.17) is 5.73 Å². The Labute approximate surface area is 104 Å². The first-order valence-electron chi connectivity index (χ1n) is 6.90. The zero-order chi connectivity index (χ0) is 12.3. The predicted octanol–water partition coefficient (Wildman–Crippen LogP) is 0.572. The molecule has 1 saturated heterocycles. The lowest BCUT2D eigenvalue weighted by Crippen LogP contribution is -2.41. The summed E-state index contributed by atoms with van der Waals surface area (Å²) in [5, 5.41) is 3.61. The number of likely N-dealkylation sites (tertiary alicyclic amines) is 1. The minimum Gasteiger partial charge on any atom is -0.369 e. The third-order valence-electron chi connectivity index (χ3n) is 4.00. The van der Waals surface area contributed by atoms with Crippen LogP contribution in [0, 0.1) is 11.8 Å². The number of nitrogens with zero attached hydrogens (tertiary/aromatic N) is 1. The molecule has 98 valence electrons. The molecule has 2 rings (SSSR count). The average Bonchev–Trinajstić information content (AvgIpc) is 3.12. The van der Waals surface area contributed by atoms with E-state index in [1.165, 1.54) is 32.2 Å². The minimum absolute atomic E-state index is 0.0175. The van der Waals surface area contributed by atoms with Crippen LogP contribution in [0.25, 0.3) is 0 Å². The molecule has 1 aliphatic heterocycles. The lowest BCUT2D eigenvalue weighted by molar-refractivity contribution is -0.121. The Morgan fingerprint density at radius 3 is 2.53 bits per heavy atom. The van der Waals surface area contributed by atoms with Crippen LogP contribution in [-0.2, 0) is 4.79 Å². The third kappa shape index (κ3) is 4.28. The van der Waals surface area contributed by atoms with E-state index in [1.54, 1.807) is 0 Å². The number of piperidine rings is 1. The van der Waals surface area contributed by atoms with E-state index in [9.17, 15) is 4.79 Å². The molecule has 0 spiro atoms. The molecule has 1 heterocycles. The fraction of sp³-hybridized carbons (Fsp3) is 0.923. The van der Waals surface area contributed by atoms with E-state index in [-0.39, 0.29) is 11.8 Å². The van der Waals surface area contributed by atoms with Gasteiger partial charge in [-0.2, -0.15) is 0 Å². The van der Waals surface area contributed by atoms with Crippen molar-refractivity contribution in [2.24, 2.45) is 17.6 Å². The van der Waals surface area contributed by atoms with E-state index in [1.807, 2.05) is 6.92 Å². The lowest BCUT2D eigenvalue weighted by atomic mass is 9.96. The van der Waals surface area contributed by atoms with Gasteiger partial charge in [-0.25, -0.2) is 0 Å². The molecule has 0 aromatic rings. The second-order valence-corrected chi connectivity index (χ2v) is 5.73. The summed E-state index contributed by atoms with van der Waals surface area (Å²) in [6, 6.07) is 0.822. The first kappa shape index (κ1) is 12.8. The highest BCUT2D eigenvalue weighted by atomic mass is 16.1. The number of hydrogen-bond donors (Lipinski definition) is 2. The summed E-state index contributed by atoms with van der Waals surface area (Å²) in [6.45, 7) is 6.17. The number of carbonyl (C=O) groups excluding carboxylic acids is 1. The SMILES string of the molecule is CC(CN1CCC(CNC2CC2)CC1)C(N)=O. The van der Waals surface area contributed by atoms with Crippen molar-refractivity contribution < 1.29 is 4.79 Å². The van der Waals surface area contributed by atoms with Gasteiger partial charge in [0.15, 0.2) is 0 Å². The molecule has 0 aromatic heterocycles. The van der Waals surface area contributed by atoms with Gasteiger partial charge in [0, 0.05) is 18.5 Å². The van der Waals surface area contributed by atoms with Crippen molar-refractivity contribution in [2.75, 3.05) is 26.2 Å². The molecule has 0 bridgehead atoms. The zero-order valence-corrected chi connectivity index (χ0v) is 10.8. The summed E-state index contributed by atoms with van der Waals surface area (Å²) in [5.74, 6) is 0.634. The number of primary amides is 1. The molecular formula is C13H25N3O. The maximum Gasteiger partial charge on any atom is 0.221 e. The summed E-state index contributed by atoms with van der Waals surface area (Å²) in [7, 11) is 0. The lowest BCUT2D eigenvalue weighted by Gasteiger charge is -2.33. The molecule has 3 N–H and O–H groups in total. The van der Waals surface area contributed by atoms with Gasteiger partial charge in [-0.05, 0) is 51.2 Å². The van der Waals surface area contributed by atoms with Crippen molar-refractivity contribution in [1.82, 2.24) is 10.2 Å². The van der Waals surface area contributed by atoms with Crippen LogP contribution in [0.15, 0.2) is 0 Å². The standard InChI is InChI=1S/C13H25N3O/c1-10(13(14)17)9-16-6-4-11(5-7-16)8-15-12-2-3-12/h10-12,15H,2-9H2,1H3,(H2,14,17). The van der Waals surface area contributed by atoms with Gasteiger partial charge in [0.25, 0.3) is 0 Å².